The van der Waals surface area contributed by atoms with Crippen LogP contribution in [-0.2, 0) is 4.74 Å². The average Bonchev–Trinajstić information content (AvgIpc) is 2.39. The van der Waals surface area contributed by atoms with Crippen molar-refractivity contribution in [3.63, 3.8) is 0 Å². The number of aryl methyl sites for hydroxylation is 1. The second-order valence-electron chi connectivity index (χ2n) is 3.87. The minimum atomic E-state index is -0.936. The molecule has 0 saturated heterocycles. The second kappa shape index (κ2) is 8.14. The van der Waals surface area contributed by atoms with E-state index in [1.165, 1.54) is 0 Å². The predicted molar refractivity (Wildman–Crippen MR) is 79.3 cm³/mol. The summed E-state index contributed by atoms with van der Waals surface area (Å²) in [5.41, 5.74) is 2.88. The normalized spacial score (nSPS) is 10.3. The Balaban J connectivity index is 0.00000154. The molecule has 0 aliphatic carbocycles. The summed E-state index contributed by atoms with van der Waals surface area (Å²) >= 11 is 0. The molecule has 0 atom stereocenters. The summed E-state index contributed by atoms with van der Waals surface area (Å²) in [5.74, 6) is -0.287. The van der Waals surface area contributed by atoms with E-state index in [-0.39, 0.29) is 5.56 Å². The topological polar surface area (TPSA) is 46.5 Å². The van der Waals surface area contributed by atoms with E-state index in [9.17, 15) is 4.79 Å². The van der Waals surface area contributed by atoms with Gasteiger partial charge < -0.3 is 9.84 Å². The molecule has 1 aromatic rings. The van der Waals surface area contributed by atoms with E-state index < -0.39 is 5.97 Å². The molecule has 3 nitrogen and oxygen atoms in total. The van der Waals surface area contributed by atoms with Gasteiger partial charge in [0.15, 0.2) is 0 Å². The quantitative estimate of drug-likeness (QED) is 0.650. The van der Waals surface area contributed by atoms with Crippen LogP contribution in [0.5, 0.6) is 0 Å². The molecule has 0 radical (unpaired) electrons. The minimum absolute atomic E-state index is 0.263. The maximum atomic E-state index is 10.9. The van der Waals surface area contributed by atoms with E-state index in [2.05, 4.69) is 6.58 Å². The van der Waals surface area contributed by atoms with Gasteiger partial charge in [-0.25, -0.2) is 4.79 Å². The first kappa shape index (κ1) is 17.0. The fourth-order valence-corrected chi connectivity index (χ4v) is 1.43. The van der Waals surface area contributed by atoms with Crippen molar-refractivity contribution in [3.8, 4) is 0 Å². The summed E-state index contributed by atoms with van der Waals surface area (Å²) in [6, 6.07) is 4.99. The highest BCUT2D eigenvalue weighted by Gasteiger charge is 2.06. The molecule has 0 unspecified atom stereocenters. The lowest BCUT2D eigenvalue weighted by molar-refractivity contribution is 0.0697. The Morgan fingerprint density at radius 2 is 1.95 bits per heavy atom. The number of allylic oxidation sites excluding steroid dienone is 1. The van der Waals surface area contributed by atoms with Gasteiger partial charge in [0.2, 0.25) is 0 Å². The maximum absolute atomic E-state index is 10.9. The molecular weight excluding hydrogens is 240 g/mol. The van der Waals surface area contributed by atoms with Crippen LogP contribution in [0.4, 0.5) is 0 Å². The molecule has 0 aliphatic heterocycles. The van der Waals surface area contributed by atoms with Crippen molar-refractivity contribution >= 4 is 12.0 Å². The molecule has 0 saturated carbocycles. The number of carboxylic acids is 1. The smallest absolute Gasteiger partial charge is 0.335 e. The number of hydrogen-bond donors (Lipinski definition) is 1. The Kier molecular flexibility index (Phi) is 7.27. The number of carboxylic acid groups (broad SMARTS) is 1. The molecule has 19 heavy (non-hydrogen) atoms. The number of methoxy groups -OCH3 is 1. The molecule has 0 fully saturated rings. The second-order valence-corrected chi connectivity index (χ2v) is 3.87. The van der Waals surface area contributed by atoms with Crippen LogP contribution in [0.3, 0.4) is 0 Å². The molecule has 0 bridgehead atoms. The van der Waals surface area contributed by atoms with E-state index in [1.54, 1.807) is 31.4 Å². The molecule has 1 N–H and O–H groups in total. The SMILES string of the molecule is C=C(C)/C(=C\c1cc(C(=O)O)ccc1C)OC.CC. The van der Waals surface area contributed by atoms with Crippen molar-refractivity contribution in [2.75, 3.05) is 7.11 Å². The van der Waals surface area contributed by atoms with Crippen LogP contribution >= 0.6 is 0 Å². The fourth-order valence-electron chi connectivity index (χ4n) is 1.43. The predicted octanol–water partition coefficient (Wildman–Crippen LogP) is 4.28. The van der Waals surface area contributed by atoms with Gasteiger partial charge in [-0.15, -0.1) is 0 Å². The van der Waals surface area contributed by atoms with Crippen LogP contribution in [0.15, 0.2) is 36.1 Å². The Morgan fingerprint density at radius 1 is 1.37 bits per heavy atom. The van der Waals surface area contributed by atoms with E-state index >= 15 is 0 Å². The zero-order chi connectivity index (χ0) is 15.0. The molecule has 3 heteroatoms. The lowest BCUT2D eigenvalue weighted by Crippen LogP contribution is -1.98. The highest BCUT2D eigenvalue weighted by atomic mass is 16.5. The van der Waals surface area contributed by atoms with Gasteiger partial charge >= 0.3 is 5.97 Å². The van der Waals surface area contributed by atoms with Gasteiger partial charge in [0, 0.05) is 0 Å². The molecule has 104 valence electrons. The lowest BCUT2D eigenvalue weighted by Gasteiger charge is -2.07. The zero-order valence-electron chi connectivity index (χ0n) is 12.3. The Morgan fingerprint density at radius 3 is 2.37 bits per heavy atom. The van der Waals surface area contributed by atoms with Crippen LogP contribution in [0, 0.1) is 6.92 Å². The third-order valence-electron chi connectivity index (χ3n) is 2.45. The molecule has 1 rings (SSSR count). The van der Waals surface area contributed by atoms with Crippen molar-refractivity contribution in [3.05, 3.63) is 52.8 Å². The highest BCUT2D eigenvalue weighted by molar-refractivity contribution is 5.88. The summed E-state index contributed by atoms with van der Waals surface area (Å²) in [4.78, 5) is 10.9. The third kappa shape index (κ3) is 5.00. The first-order valence-corrected chi connectivity index (χ1v) is 6.21. The summed E-state index contributed by atoms with van der Waals surface area (Å²) in [5, 5.41) is 8.93. The molecule has 0 aromatic heterocycles. The van der Waals surface area contributed by atoms with Crippen LogP contribution in [0.1, 0.15) is 42.3 Å². The van der Waals surface area contributed by atoms with Gasteiger partial charge in [0.25, 0.3) is 0 Å². The van der Waals surface area contributed by atoms with Crippen LogP contribution < -0.4 is 0 Å². The van der Waals surface area contributed by atoms with E-state index in [0.29, 0.717) is 5.76 Å². The van der Waals surface area contributed by atoms with Crippen molar-refractivity contribution in [1.29, 1.82) is 0 Å². The van der Waals surface area contributed by atoms with Gasteiger partial charge in [-0.1, -0.05) is 26.5 Å². The highest BCUT2D eigenvalue weighted by Crippen LogP contribution is 2.18. The number of benzene rings is 1. The van der Waals surface area contributed by atoms with Crippen molar-refractivity contribution in [2.24, 2.45) is 0 Å². The number of rotatable bonds is 4. The van der Waals surface area contributed by atoms with E-state index in [0.717, 1.165) is 16.7 Å². The van der Waals surface area contributed by atoms with Crippen LogP contribution in [0.2, 0.25) is 0 Å². The number of ether oxygens (including phenoxy) is 1. The third-order valence-corrected chi connectivity index (χ3v) is 2.45. The van der Waals surface area contributed by atoms with E-state index in [4.69, 9.17) is 9.84 Å². The zero-order valence-corrected chi connectivity index (χ0v) is 12.3. The summed E-state index contributed by atoms with van der Waals surface area (Å²) in [6.07, 6.45) is 1.80. The van der Waals surface area contributed by atoms with Crippen molar-refractivity contribution in [2.45, 2.75) is 27.7 Å². The molecule has 0 spiro atoms. The minimum Gasteiger partial charge on any atom is -0.496 e. The fraction of sp³-hybridized carbons (Fsp3) is 0.312. The van der Waals surface area contributed by atoms with Crippen LogP contribution in [0.25, 0.3) is 6.08 Å². The van der Waals surface area contributed by atoms with Gasteiger partial charge in [0.05, 0.1) is 12.7 Å². The Bertz CT molecular complexity index is 485. The lowest BCUT2D eigenvalue weighted by atomic mass is 10.0. The van der Waals surface area contributed by atoms with Crippen LogP contribution in [-0.4, -0.2) is 18.2 Å². The van der Waals surface area contributed by atoms with Gasteiger partial charge in [-0.3, -0.25) is 0 Å². The molecule has 0 amide bonds. The molecule has 0 aliphatic rings. The number of hydrogen-bond acceptors (Lipinski definition) is 2. The number of aromatic carboxylic acids is 1. The number of carbonyl (C=O) groups is 1. The summed E-state index contributed by atoms with van der Waals surface area (Å²) < 4.78 is 5.19. The summed E-state index contributed by atoms with van der Waals surface area (Å²) in [6.45, 7) is 11.6. The molecular formula is C16H22O3. The Hall–Kier alpha value is -2.03. The van der Waals surface area contributed by atoms with Crippen molar-refractivity contribution in [1.82, 2.24) is 0 Å². The van der Waals surface area contributed by atoms with Gasteiger partial charge in [-0.2, -0.15) is 0 Å². The average molecular weight is 262 g/mol. The Labute approximate surface area is 115 Å². The maximum Gasteiger partial charge on any atom is 0.335 e. The molecule has 0 heterocycles. The van der Waals surface area contributed by atoms with Gasteiger partial charge in [0.1, 0.15) is 5.76 Å². The first-order valence-electron chi connectivity index (χ1n) is 6.21. The largest absolute Gasteiger partial charge is 0.496 e. The van der Waals surface area contributed by atoms with E-state index in [1.807, 2.05) is 27.7 Å². The van der Waals surface area contributed by atoms with Crippen molar-refractivity contribution < 1.29 is 14.6 Å². The monoisotopic (exact) mass is 262 g/mol. The standard InChI is InChI=1S/C14H16O3.C2H6/c1-9(2)13(17-4)8-12-7-11(14(15)16)6-5-10(12)3;1-2/h5-8H,1H2,2-4H3,(H,15,16);1-2H3/b13-8+;. The molecule has 1 aromatic carbocycles. The van der Waals surface area contributed by atoms with Gasteiger partial charge in [-0.05, 0) is 48.8 Å². The first-order chi connectivity index (χ1) is 8.95. The summed E-state index contributed by atoms with van der Waals surface area (Å²) in [7, 11) is 1.57.